The lowest BCUT2D eigenvalue weighted by molar-refractivity contribution is -0.115. The van der Waals surface area contributed by atoms with E-state index in [4.69, 9.17) is 5.73 Å². The SMILES string of the molecule is Cc1ccnc(-n2c(SCC(N)=O)nc3ccccc3c2=O)c1. The first-order valence-electron chi connectivity index (χ1n) is 6.92. The van der Waals surface area contributed by atoms with Gasteiger partial charge in [-0.1, -0.05) is 23.9 Å². The molecule has 0 saturated carbocycles. The molecule has 3 rings (SSSR count). The first-order chi connectivity index (χ1) is 11.1. The lowest BCUT2D eigenvalue weighted by Crippen LogP contribution is -2.23. The standard InChI is InChI=1S/C16H14N4O2S/c1-10-6-7-18-14(8-10)20-15(22)11-4-2-3-5-12(11)19-16(20)23-9-13(17)21/h2-8H,9H2,1H3,(H2,17,21). The summed E-state index contributed by atoms with van der Waals surface area (Å²) in [6.45, 7) is 1.92. The van der Waals surface area contributed by atoms with E-state index in [2.05, 4.69) is 9.97 Å². The summed E-state index contributed by atoms with van der Waals surface area (Å²) in [4.78, 5) is 32.7. The van der Waals surface area contributed by atoms with Crippen molar-refractivity contribution in [3.63, 3.8) is 0 Å². The molecule has 2 N–H and O–H groups in total. The third-order valence-corrected chi connectivity index (χ3v) is 4.18. The summed E-state index contributed by atoms with van der Waals surface area (Å²) in [6, 6.07) is 10.7. The highest BCUT2D eigenvalue weighted by Gasteiger charge is 2.14. The molecule has 2 aromatic heterocycles. The van der Waals surface area contributed by atoms with Gasteiger partial charge in [0.05, 0.1) is 16.7 Å². The zero-order valence-corrected chi connectivity index (χ0v) is 13.2. The van der Waals surface area contributed by atoms with Gasteiger partial charge >= 0.3 is 0 Å². The molecular formula is C16H14N4O2S. The molecule has 0 bridgehead atoms. The summed E-state index contributed by atoms with van der Waals surface area (Å²) < 4.78 is 1.42. The number of primary amides is 1. The Hall–Kier alpha value is -2.67. The van der Waals surface area contributed by atoms with E-state index < -0.39 is 5.91 Å². The zero-order chi connectivity index (χ0) is 16.4. The fourth-order valence-corrected chi connectivity index (χ4v) is 2.93. The lowest BCUT2D eigenvalue weighted by atomic mass is 10.2. The Kier molecular flexibility index (Phi) is 4.12. The van der Waals surface area contributed by atoms with Gasteiger partial charge < -0.3 is 5.73 Å². The van der Waals surface area contributed by atoms with Gasteiger partial charge in [0, 0.05) is 6.20 Å². The van der Waals surface area contributed by atoms with Crippen LogP contribution in [-0.4, -0.2) is 26.2 Å². The summed E-state index contributed by atoms with van der Waals surface area (Å²) in [5, 5.41) is 0.893. The van der Waals surface area contributed by atoms with Crippen LogP contribution in [0.4, 0.5) is 0 Å². The van der Waals surface area contributed by atoms with Crippen molar-refractivity contribution in [2.24, 2.45) is 5.73 Å². The predicted octanol–water partition coefficient (Wildman–Crippen LogP) is 1.67. The van der Waals surface area contributed by atoms with Crippen LogP contribution in [0, 0.1) is 6.92 Å². The van der Waals surface area contributed by atoms with Crippen molar-refractivity contribution >= 4 is 28.6 Å². The number of aryl methyl sites for hydroxylation is 1. The van der Waals surface area contributed by atoms with Crippen LogP contribution < -0.4 is 11.3 Å². The van der Waals surface area contributed by atoms with Crippen LogP contribution >= 0.6 is 11.8 Å². The van der Waals surface area contributed by atoms with E-state index in [1.807, 2.05) is 19.1 Å². The lowest BCUT2D eigenvalue weighted by Gasteiger charge is -2.12. The minimum atomic E-state index is -0.471. The number of thioether (sulfide) groups is 1. The number of amides is 1. The third-order valence-electron chi connectivity index (χ3n) is 3.22. The second kappa shape index (κ2) is 6.21. The fraction of sp³-hybridized carbons (Fsp3) is 0.125. The monoisotopic (exact) mass is 326 g/mol. The summed E-state index contributed by atoms with van der Waals surface area (Å²) in [5.41, 5.74) is 6.54. The minimum absolute atomic E-state index is 0.0383. The minimum Gasteiger partial charge on any atom is -0.369 e. The van der Waals surface area contributed by atoms with Gasteiger partial charge in [-0.25, -0.2) is 14.5 Å². The molecule has 7 heteroatoms. The molecule has 0 aliphatic heterocycles. The largest absolute Gasteiger partial charge is 0.369 e. The van der Waals surface area contributed by atoms with Crippen molar-refractivity contribution in [3.8, 4) is 5.82 Å². The van der Waals surface area contributed by atoms with Gasteiger partial charge in [-0.2, -0.15) is 0 Å². The molecular weight excluding hydrogens is 312 g/mol. The van der Waals surface area contributed by atoms with Crippen LogP contribution in [0.25, 0.3) is 16.7 Å². The highest BCUT2D eigenvalue weighted by atomic mass is 32.2. The van der Waals surface area contributed by atoms with Crippen LogP contribution in [0.5, 0.6) is 0 Å². The van der Waals surface area contributed by atoms with Gasteiger partial charge in [-0.3, -0.25) is 9.59 Å². The summed E-state index contributed by atoms with van der Waals surface area (Å²) in [6.07, 6.45) is 1.63. The molecule has 23 heavy (non-hydrogen) atoms. The number of benzene rings is 1. The molecule has 0 fully saturated rings. The zero-order valence-electron chi connectivity index (χ0n) is 12.4. The molecule has 0 aliphatic rings. The van der Waals surface area contributed by atoms with Gasteiger partial charge in [0.15, 0.2) is 5.16 Å². The van der Waals surface area contributed by atoms with Crippen LogP contribution in [0.1, 0.15) is 5.56 Å². The Bertz CT molecular complexity index is 952. The molecule has 3 aromatic rings. The van der Waals surface area contributed by atoms with Gasteiger partial charge in [-0.05, 0) is 36.8 Å². The molecule has 0 radical (unpaired) electrons. The number of para-hydroxylation sites is 1. The second-order valence-corrected chi connectivity index (χ2v) is 5.94. The number of nitrogens with two attached hydrogens (primary N) is 1. The normalized spacial score (nSPS) is 10.8. The highest BCUT2D eigenvalue weighted by Crippen LogP contribution is 2.20. The number of carbonyl (C=O) groups is 1. The smallest absolute Gasteiger partial charge is 0.267 e. The van der Waals surface area contributed by atoms with E-state index >= 15 is 0 Å². The summed E-state index contributed by atoms with van der Waals surface area (Å²) >= 11 is 1.12. The van der Waals surface area contributed by atoms with Crippen LogP contribution in [0.3, 0.4) is 0 Å². The van der Waals surface area contributed by atoms with Crippen molar-refractivity contribution in [3.05, 3.63) is 58.5 Å². The van der Waals surface area contributed by atoms with Gasteiger partial charge in [-0.15, -0.1) is 0 Å². The van der Waals surface area contributed by atoms with Crippen molar-refractivity contribution in [2.45, 2.75) is 12.1 Å². The quantitative estimate of drug-likeness (QED) is 0.582. The van der Waals surface area contributed by atoms with E-state index in [0.29, 0.717) is 21.9 Å². The maximum atomic E-state index is 12.9. The molecule has 0 unspecified atom stereocenters. The van der Waals surface area contributed by atoms with E-state index in [1.165, 1.54) is 4.57 Å². The van der Waals surface area contributed by atoms with Gasteiger partial charge in [0.1, 0.15) is 5.82 Å². The molecule has 0 spiro atoms. The van der Waals surface area contributed by atoms with Crippen molar-refractivity contribution in [1.82, 2.24) is 14.5 Å². The first kappa shape index (κ1) is 15.2. The number of hydrogen-bond donors (Lipinski definition) is 1. The molecule has 0 saturated heterocycles. The topological polar surface area (TPSA) is 90.9 Å². The van der Waals surface area contributed by atoms with E-state index in [9.17, 15) is 9.59 Å². The molecule has 116 valence electrons. The van der Waals surface area contributed by atoms with Crippen LogP contribution in [0.15, 0.2) is 52.5 Å². The number of rotatable bonds is 4. The molecule has 1 aromatic carbocycles. The maximum absolute atomic E-state index is 12.9. The average Bonchev–Trinajstić information content (AvgIpc) is 2.53. The van der Waals surface area contributed by atoms with E-state index in [0.717, 1.165) is 17.3 Å². The Morgan fingerprint density at radius 2 is 2.09 bits per heavy atom. The molecule has 2 heterocycles. The Balaban J connectivity index is 2.27. The van der Waals surface area contributed by atoms with Crippen molar-refractivity contribution in [1.29, 1.82) is 0 Å². The predicted molar refractivity (Wildman–Crippen MR) is 89.8 cm³/mol. The molecule has 0 aliphatic carbocycles. The van der Waals surface area contributed by atoms with E-state index in [-0.39, 0.29) is 11.3 Å². The van der Waals surface area contributed by atoms with Crippen LogP contribution in [-0.2, 0) is 4.79 Å². The van der Waals surface area contributed by atoms with E-state index in [1.54, 1.807) is 30.5 Å². The molecule has 6 nitrogen and oxygen atoms in total. The second-order valence-electron chi connectivity index (χ2n) is 5.00. The number of pyridine rings is 1. The first-order valence-corrected chi connectivity index (χ1v) is 7.91. The highest BCUT2D eigenvalue weighted by molar-refractivity contribution is 7.99. The van der Waals surface area contributed by atoms with Gasteiger partial charge in [0.2, 0.25) is 5.91 Å². The Morgan fingerprint density at radius 1 is 1.30 bits per heavy atom. The Labute approximate surface area is 136 Å². The number of aromatic nitrogens is 3. The maximum Gasteiger partial charge on any atom is 0.267 e. The number of fused-ring (bicyclic) bond motifs is 1. The number of carbonyl (C=O) groups excluding carboxylic acids is 1. The van der Waals surface area contributed by atoms with Gasteiger partial charge in [0.25, 0.3) is 5.56 Å². The average molecular weight is 326 g/mol. The Morgan fingerprint density at radius 3 is 2.83 bits per heavy atom. The van der Waals surface area contributed by atoms with Crippen LogP contribution in [0.2, 0.25) is 0 Å². The summed E-state index contributed by atoms with van der Waals surface area (Å²) in [5.74, 6) is 0.0396. The number of nitrogens with zero attached hydrogens (tertiary/aromatic N) is 3. The summed E-state index contributed by atoms with van der Waals surface area (Å²) in [7, 11) is 0. The molecule has 0 atom stereocenters. The molecule has 1 amide bonds. The third kappa shape index (κ3) is 3.09. The van der Waals surface area contributed by atoms with Crippen molar-refractivity contribution in [2.75, 3.05) is 5.75 Å². The fourth-order valence-electron chi connectivity index (χ4n) is 2.19. The van der Waals surface area contributed by atoms with Crippen molar-refractivity contribution < 1.29 is 4.79 Å². The number of hydrogen-bond acceptors (Lipinski definition) is 5.